The lowest BCUT2D eigenvalue weighted by Crippen LogP contribution is -1.97. The predicted octanol–water partition coefficient (Wildman–Crippen LogP) is 6.30. The Morgan fingerprint density at radius 2 is 1.37 bits per heavy atom. The van der Waals surface area contributed by atoms with Crippen LogP contribution >= 0.6 is 17.0 Å². The molecule has 0 saturated carbocycles. The van der Waals surface area contributed by atoms with E-state index in [1.807, 2.05) is 0 Å². The first-order valence-corrected chi connectivity index (χ1v) is 7.96. The van der Waals surface area contributed by atoms with E-state index in [0.717, 1.165) is 0 Å². The standard InChI is InChI=1S/C17H31N.BrH/c1-3-4-5-6-7-8-9-10-11-12-15-18-16-13-14-17(18)2;/h13-14,16H,3-12,15H2,1-2H3;1H. The topological polar surface area (TPSA) is 4.93 Å². The van der Waals surface area contributed by atoms with Gasteiger partial charge < -0.3 is 4.57 Å². The van der Waals surface area contributed by atoms with Gasteiger partial charge in [0.25, 0.3) is 0 Å². The molecule has 0 aliphatic carbocycles. The average Bonchev–Trinajstić information content (AvgIpc) is 2.77. The maximum absolute atomic E-state index is 2.37. The van der Waals surface area contributed by atoms with Crippen LogP contribution in [0, 0.1) is 6.92 Å². The number of nitrogens with zero attached hydrogens (tertiary/aromatic N) is 1. The monoisotopic (exact) mass is 329 g/mol. The molecule has 0 spiro atoms. The Morgan fingerprint density at radius 1 is 0.842 bits per heavy atom. The molecule has 0 amide bonds. The Kier molecular flexibility index (Phi) is 12.6. The van der Waals surface area contributed by atoms with Crippen LogP contribution in [0.2, 0.25) is 0 Å². The Bertz CT molecular complexity index is 293. The second-order valence-corrected chi connectivity index (χ2v) is 5.52. The lowest BCUT2D eigenvalue weighted by Gasteiger charge is -2.06. The van der Waals surface area contributed by atoms with E-state index < -0.39 is 0 Å². The van der Waals surface area contributed by atoms with Crippen molar-refractivity contribution in [1.29, 1.82) is 0 Å². The highest BCUT2D eigenvalue weighted by Crippen LogP contribution is 2.11. The third kappa shape index (κ3) is 9.32. The number of hydrogen-bond acceptors (Lipinski definition) is 0. The molecule has 1 nitrogen and oxygen atoms in total. The van der Waals surface area contributed by atoms with E-state index in [4.69, 9.17) is 0 Å². The molecule has 0 aliphatic rings. The number of halogens is 1. The van der Waals surface area contributed by atoms with Crippen molar-refractivity contribution in [3.8, 4) is 0 Å². The SMILES string of the molecule is Br.CCCCCCCCCCCCn1cccc1C. The summed E-state index contributed by atoms with van der Waals surface area (Å²) in [5.74, 6) is 0. The Hall–Kier alpha value is -0.240. The lowest BCUT2D eigenvalue weighted by atomic mass is 10.1. The van der Waals surface area contributed by atoms with Crippen molar-refractivity contribution in [3.63, 3.8) is 0 Å². The summed E-state index contributed by atoms with van der Waals surface area (Å²) >= 11 is 0. The van der Waals surface area contributed by atoms with Crippen molar-refractivity contribution in [2.24, 2.45) is 0 Å². The molecule has 1 aromatic heterocycles. The van der Waals surface area contributed by atoms with Gasteiger partial charge in [0.05, 0.1) is 0 Å². The van der Waals surface area contributed by atoms with Crippen molar-refractivity contribution in [3.05, 3.63) is 24.0 Å². The van der Waals surface area contributed by atoms with Crippen molar-refractivity contribution in [1.82, 2.24) is 4.57 Å². The molecule has 0 N–H and O–H groups in total. The molecule has 0 unspecified atom stereocenters. The van der Waals surface area contributed by atoms with Gasteiger partial charge in [-0.2, -0.15) is 0 Å². The van der Waals surface area contributed by atoms with E-state index in [-0.39, 0.29) is 17.0 Å². The highest BCUT2D eigenvalue weighted by atomic mass is 79.9. The fourth-order valence-corrected chi connectivity index (χ4v) is 2.52. The molecule has 1 aromatic rings. The van der Waals surface area contributed by atoms with Gasteiger partial charge in [-0.3, -0.25) is 0 Å². The molecular formula is C17H32BrN. The number of hydrogen-bond donors (Lipinski definition) is 0. The minimum atomic E-state index is 0. The van der Waals surface area contributed by atoms with Gasteiger partial charge >= 0.3 is 0 Å². The van der Waals surface area contributed by atoms with Crippen LogP contribution in [0.25, 0.3) is 0 Å². The normalized spacial score (nSPS) is 10.4. The number of aromatic nitrogens is 1. The zero-order chi connectivity index (χ0) is 13.1. The van der Waals surface area contributed by atoms with E-state index in [0.29, 0.717) is 0 Å². The van der Waals surface area contributed by atoms with Gasteiger partial charge in [-0.25, -0.2) is 0 Å². The lowest BCUT2D eigenvalue weighted by molar-refractivity contribution is 0.532. The van der Waals surface area contributed by atoms with Crippen molar-refractivity contribution in [2.45, 2.75) is 84.6 Å². The highest BCUT2D eigenvalue weighted by molar-refractivity contribution is 8.93. The first kappa shape index (κ1) is 18.8. The van der Waals surface area contributed by atoms with Gasteiger partial charge in [0, 0.05) is 18.4 Å². The second-order valence-electron chi connectivity index (χ2n) is 5.52. The minimum Gasteiger partial charge on any atom is -0.352 e. The van der Waals surface area contributed by atoms with Crippen molar-refractivity contribution >= 4 is 17.0 Å². The second kappa shape index (κ2) is 12.8. The van der Waals surface area contributed by atoms with Crippen LogP contribution in [-0.4, -0.2) is 4.57 Å². The van der Waals surface area contributed by atoms with Crippen LogP contribution in [0.4, 0.5) is 0 Å². The Labute approximate surface area is 130 Å². The van der Waals surface area contributed by atoms with Gasteiger partial charge in [0.15, 0.2) is 0 Å². The van der Waals surface area contributed by atoms with Crippen molar-refractivity contribution in [2.75, 3.05) is 0 Å². The van der Waals surface area contributed by atoms with E-state index in [2.05, 4.69) is 36.7 Å². The van der Waals surface area contributed by atoms with E-state index in [1.54, 1.807) is 0 Å². The summed E-state index contributed by atoms with van der Waals surface area (Å²) in [7, 11) is 0. The Balaban J connectivity index is 0.00000324. The molecule has 0 bridgehead atoms. The maximum Gasteiger partial charge on any atom is 0.0222 e. The fraction of sp³-hybridized carbons (Fsp3) is 0.765. The Morgan fingerprint density at radius 3 is 1.84 bits per heavy atom. The number of rotatable bonds is 11. The first-order chi connectivity index (χ1) is 8.84. The molecule has 1 heterocycles. The fourth-order valence-electron chi connectivity index (χ4n) is 2.52. The van der Waals surface area contributed by atoms with E-state index in [9.17, 15) is 0 Å². The smallest absolute Gasteiger partial charge is 0.0222 e. The molecule has 2 heteroatoms. The predicted molar refractivity (Wildman–Crippen MR) is 91.3 cm³/mol. The molecule has 0 saturated heterocycles. The van der Waals surface area contributed by atoms with Gasteiger partial charge in [-0.15, -0.1) is 17.0 Å². The molecule has 0 fully saturated rings. The van der Waals surface area contributed by atoms with Crippen molar-refractivity contribution < 1.29 is 0 Å². The van der Waals surface area contributed by atoms with Crippen LogP contribution < -0.4 is 0 Å². The average molecular weight is 330 g/mol. The van der Waals surface area contributed by atoms with E-state index in [1.165, 1.54) is 76.4 Å². The summed E-state index contributed by atoms with van der Waals surface area (Å²) in [6.45, 7) is 5.68. The summed E-state index contributed by atoms with van der Waals surface area (Å²) < 4.78 is 2.37. The zero-order valence-electron chi connectivity index (χ0n) is 12.9. The molecule has 0 radical (unpaired) electrons. The largest absolute Gasteiger partial charge is 0.352 e. The first-order valence-electron chi connectivity index (χ1n) is 7.96. The quantitative estimate of drug-likeness (QED) is 0.420. The van der Waals surface area contributed by atoms with Crippen LogP contribution in [0.5, 0.6) is 0 Å². The van der Waals surface area contributed by atoms with Crippen LogP contribution in [0.3, 0.4) is 0 Å². The van der Waals surface area contributed by atoms with Crippen LogP contribution in [0.1, 0.15) is 76.8 Å². The molecule has 19 heavy (non-hydrogen) atoms. The molecule has 112 valence electrons. The third-order valence-corrected chi connectivity index (χ3v) is 3.81. The van der Waals surface area contributed by atoms with Crippen LogP contribution in [-0.2, 0) is 6.54 Å². The summed E-state index contributed by atoms with van der Waals surface area (Å²) in [5, 5.41) is 0. The zero-order valence-corrected chi connectivity index (χ0v) is 14.6. The molecule has 0 aromatic carbocycles. The maximum atomic E-state index is 2.37. The molecular weight excluding hydrogens is 298 g/mol. The van der Waals surface area contributed by atoms with Gasteiger partial charge in [-0.05, 0) is 25.5 Å². The summed E-state index contributed by atoms with van der Waals surface area (Å²) in [6, 6.07) is 4.34. The highest BCUT2D eigenvalue weighted by Gasteiger charge is 1.95. The summed E-state index contributed by atoms with van der Waals surface area (Å²) in [5.41, 5.74) is 1.39. The number of unbranched alkanes of at least 4 members (excludes halogenated alkanes) is 9. The van der Waals surface area contributed by atoms with Gasteiger partial charge in [0.2, 0.25) is 0 Å². The summed E-state index contributed by atoms with van der Waals surface area (Å²) in [6.07, 6.45) is 16.4. The minimum absolute atomic E-state index is 0. The van der Waals surface area contributed by atoms with Gasteiger partial charge in [0.1, 0.15) is 0 Å². The van der Waals surface area contributed by atoms with Crippen LogP contribution in [0.15, 0.2) is 18.3 Å². The summed E-state index contributed by atoms with van der Waals surface area (Å²) in [4.78, 5) is 0. The molecule has 0 aliphatic heterocycles. The van der Waals surface area contributed by atoms with E-state index >= 15 is 0 Å². The van der Waals surface area contributed by atoms with Gasteiger partial charge in [-0.1, -0.05) is 64.7 Å². The third-order valence-electron chi connectivity index (χ3n) is 3.81. The number of aryl methyl sites for hydroxylation is 2. The molecule has 0 atom stereocenters. The molecule has 1 rings (SSSR count).